The van der Waals surface area contributed by atoms with Gasteiger partial charge in [0.25, 0.3) is 0 Å². The Labute approximate surface area is 338 Å². The highest BCUT2D eigenvalue weighted by molar-refractivity contribution is 6.11. The molecule has 58 heavy (non-hydrogen) atoms. The third-order valence-corrected chi connectivity index (χ3v) is 11.3. The molecule has 6 aromatic rings. The van der Waals surface area contributed by atoms with Crippen LogP contribution in [0.1, 0.15) is 37.8 Å². The van der Waals surface area contributed by atoms with Crippen LogP contribution in [0.25, 0.3) is 44.8 Å². The first-order chi connectivity index (χ1) is 28.3. The second kappa shape index (κ2) is 17.1. The minimum Gasteiger partial charge on any atom is -0.493 e. The summed E-state index contributed by atoms with van der Waals surface area (Å²) in [5.74, 6) is 1.11. The molecule has 2 heterocycles. The third kappa shape index (κ3) is 8.54. The van der Waals surface area contributed by atoms with Crippen LogP contribution >= 0.6 is 0 Å². The number of ether oxygens (including phenoxy) is 6. The zero-order valence-electron chi connectivity index (χ0n) is 32.8. The molecule has 0 N–H and O–H groups in total. The topological polar surface area (TPSA) is 89.5 Å². The van der Waals surface area contributed by atoms with E-state index in [0.29, 0.717) is 35.8 Å². The fraction of sp³-hybridized carbons (Fsp3) is 0.240. The largest absolute Gasteiger partial charge is 0.493 e. The zero-order valence-corrected chi connectivity index (χ0v) is 32.8. The van der Waals surface area contributed by atoms with E-state index in [9.17, 15) is 9.59 Å². The summed E-state index contributed by atoms with van der Waals surface area (Å²) < 4.78 is 35.1. The number of carbonyl (C=O) groups is 2. The lowest BCUT2D eigenvalue weighted by atomic mass is 9.84. The van der Waals surface area contributed by atoms with E-state index in [1.807, 2.05) is 109 Å². The van der Waals surface area contributed by atoms with Gasteiger partial charge in [0.15, 0.2) is 0 Å². The number of rotatable bonds is 15. The summed E-state index contributed by atoms with van der Waals surface area (Å²) in [4.78, 5) is 27.0. The van der Waals surface area contributed by atoms with Crippen LogP contribution in [0.3, 0.4) is 0 Å². The molecular formula is C50H46O8. The van der Waals surface area contributed by atoms with Crippen LogP contribution in [0.5, 0.6) is 23.0 Å². The van der Waals surface area contributed by atoms with Gasteiger partial charge in [0, 0.05) is 23.3 Å². The predicted molar refractivity (Wildman–Crippen MR) is 227 cm³/mol. The Balaban J connectivity index is 1.02. The van der Waals surface area contributed by atoms with Crippen molar-refractivity contribution in [1.29, 1.82) is 0 Å². The van der Waals surface area contributed by atoms with E-state index >= 15 is 0 Å². The van der Waals surface area contributed by atoms with Crippen LogP contribution in [-0.4, -0.2) is 51.6 Å². The van der Waals surface area contributed by atoms with Gasteiger partial charge in [-0.1, -0.05) is 98.8 Å². The number of esters is 2. The van der Waals surface area contributed by atoms with Crippen LogP contribution in [0, 0.1) is 10.8 Å². The van der Waals surface area contributed by atoms with E-state index in [0.717, 1.165) is 83.4 Å². The Morgan fingerprint density at radius 1 is 0.534 bits per heavy atom. The van der Waals surface area contributed by atoms with Gasteiger partial charge in [-0.3, -0.25) is 0 Å². The highest BCUT2D eigenvalue weighted by Crippen LogP contribution is 2.46. The molecule has 8 heteroatoms. The average Bonchev–Trinajstić information content (AvgIpc) is 3.22. The molecular weight excluding hydrogens is 729 g/mol. The lowest BCUT2D eigenvalue weighted by Gasteiger charge is -2.40. The number of carbonyl (C=O) groups excluding carboxylic acids is 2. The molecule has 2 aliphatic heterocycles. The molecule has 0 bridgehead atoms. The highest BCUT2D eigenvalue weighted by atomic mass is 16.5. The number of hydrogen-bond donors (Lipinski definition) is 0. The van der Waals surface area contributed by atoms with Crippen molar-refractivity contribution in [2.24, 2.45) is 10.8 Å². The Morgan fingerprint density at radius 2 is 0.931 bits per heavy atom. The minimum absolute atomic E-state index is 0.0865. The van der Waals surface area contributed by atoms with Crippen molar-refractivity contribution in [1.82, 2.24) is 0 Å². The summed E-state index contributed by atoms with van der Waals surface area (Å²) in [6.45, 7) is 8.41. The van der Waals surface area contributed by atoms with Crippen LogP contribution in [0.2, 0.25) is 0 Å². The van der Waals surface area contributed by atoms with Gasteiger partial charge in [-0.15, -0.1) is 0 Å². The number of benzene rings is 6. The molecule has 0 spiro atoms. The number of hydrogen-bond acceptors (Lipinski definition) is 8. The standard InChI is InChI=1S/C50H46O8/c1-3-49(29-53-30-49)33-55-39-21-13-35(14-22-39)17-27-45(51)57-43-25-19-37-9-5-7-11-41(37)47(43)48-42-12-8-6-10-38(42)20-26-44(48)58-46(52)28-18-36-15-23-40(24-16-36)56-34-50(4-2)31-54-32-50/h5-28H,3-4,29-34H2,1-2H3/b27-17+,28-18+. The molecule has 0 saturated carbocycles. The summed E-state index contributed by atoms with van der Waals surface area (Å²) in [7, 11) is 0. The molecule has 0 aromatic heterocycles. The van der Waals surface area contributed by atoms with Crippen LogP contribution < -0.4 is 18.9 Å². The van der Waals surface area contributed by atoms with Crippen molar-refractivity contribution < 1.29 is 38.0 Å². The van der Waals surface area contributed by atoms with Gasteiger partial charge in [0.05, 0.1) is 50.5 Å². The van der Waals surface area contributed by atoms with Gasteiger partial charge in [0.1, 0.15) is 23.0 Å². The van der Waals surface area contributed by atoms with Crippen molar-refractivity contribution in [3.8, 4) is 34.1 Å². The maximum absolute atomic E-state index is 13.5. The molecule has 0 radical (unpaired) electrons. The van der Waals surface area contributed by atoms with E-state index in [4.69, 9.17) is 28.4 Å². The molecule has 8 nitrogen and oxygen atoms in total. The lowest BCUT2D eigenvalue weighted by molar-refractivity contribution is -0.133. The zero-order chi connectivity index (χ0) is 40.0. The van der Waals surface area contributed by atoms with Gasteiger partial charge in [-0.25, -0.2) is 9.59 Å². The third-order valence-electron chi connectivity index (χ3n) is 11.3. The van der Waals surface area contributed by atoms with Crippen LogP contribution in [-0.2, 0) is 19.1 Å². The van der Waals surface area contributed by atoms with Crippen LogP contribution in [0.15, 0.2) is 133 Å². The molecule has 2 fully saturated rings. The van der Waals surface area contributed by atoms with Gasteiger partial charge in [0.2, 0.25) is 0 Å². The second-order valence-electron chi connectivity index (χ2n) is 15.2. The molecule has 8 rings (SSSR count). The summed E-state index contributed by atoms with van der Waals surface area (Å²) in [6.07, 6.45) is 8.25. The van der Waals surface area contributed by atoms with Gasteiger partial charge in [-0.2, -0.15) is 0 Å². The fourth-order valence-electron chi connectivity index (χ4n) is 7.19. The van der Waals surface area contributed by atoms with Gasteiger partial charge in [-0.05, 0) is 94.1 Å². The molecule has 6 aromatic carbocycles. The lowest BCUT2D eigenvalue weighted by Crippen LogP contribution is -2.46. The normalized spacial score (nSPS) is 15.6. The van der Waals surface area contributed by atoms with Crippen molar-refractivity contribution in [3.63, 3.8) is 0 Å². The molecule has 2 saturated heterocycles. The smallest absolute Gasteiger partial charge is 0.336 e. The minimum atomic E-state index is -0.549. The SMILES string of the molecule is CCC1(COc2ccc(/C=C/C(=O)Oc3ccc4ccccc4c3-c3c(OC(=O)/C=C/c4ccc(OCC5(CC)COC5)cc4)ccc4ccccc34)cc2)COC1. The summed E-state index contributed by atoms with van der Waals surface area (Å²) in [6, 6.07) is 38.3. The Kier molecular flexibility index (Phi) is 11.4. The van der Waals surface area contributed by atoms with Crippen molar-refractivity contribution in [2.45, 2.75) is 26.7 Å². The summed E-state index contributed by atoms with van der Waals surface area (Å²) in [5.41, 5.74) is 3.10. The van der Waals surface area contributed by atoms with Crippen molar-refractivity contribution in [3.05, 3.63) is 145 Å². The van der Waals surface area contributed by atoms with E-state index in [1.165, 1.54) is 12.2 Å². The first kappa shape index (κ1) is 38.6. The Hall–Kier alpha value is -6.22. The predicted octanol–water partition coefficient (Wildman–Crippen LogP) is 10.5. The Morgan fingerprint density at radius 3 is 1.29 bits per heavy atom. The van der Waals surface area contributed by atoms with E-state index in [-0.39, 0.29) is 10.8 Å². The van der Waals surface area contributed by atoms with E-state index in [2.05, 4.69) is 13.8 Å². The van der Waals surface area contributed by atoms with E-state index < -0.39 is 11.9 Å². The quantitative estimate of drug-likeness (QED) is 0.0579. The Bertz CT molecular complexity index is 2290. The first-order valence-electron chi connectivity index (χ1n) is 19.8. The van der Waals surface area contributed by atoms with E-state index in [1.54, 1.807) is 24.3 Å². The first-order valence-corrected chi connectivity index (χ1v) is 19.8. The fourth-order valence-corrected chi connectivity index (χ4v) is 7.19. The maximum Gasteiger partial charge on any atom is 0.336 e. The maximum atomic E-state index is 13.5. The monoisotopic (exact) mass is 774 g/mol. The molecule has 0 aliphatic carbocycles. The summed E-state index contributed by atoms with van der Waals surface area (Å²) in [5, 5.41) is 3.56. The summed E-state index contributed by atoms with van der Waals surface area (Å²) >= 11 is 0. The molecule has 0 unspecified atom stereocenters. The molecule has 0 atom stereocenters. The molecule has 294 valence electrons. The van der Waals surface area contributed by atoms with Gasteiger partial charge < -0.3 is 28.4 Å². The van der Waals surface area contributed by atoms with Crippen molar-refractivity contribution in [2.75, 3.05) is 39.6 Å². The molecule has 2 aliphatic rings. The number of fused-ring (bicyclic) bond motifs is 2. The van der Waals surface area contributed by atoms with Gasteiger partial charge >= 0.3 is 11.9 Å². The highest BCUT2D eigenvalue weighted by Gasteiger charge is 2.38. The van der Waals surface area contributed by atoms with Crippen molar-refractivity contribution >= 4 is 45.6 Å². The van der Waals surface area contributed by atoms with Crippen LogP contribution in [0.4, 0.5) is 0 Å². The molecule has 0 amide bonds. The second-order valence-corrected chi connectivity index (χ2v) is 15.2. The average molecular weight is 775 g/mol.